The van der Waals surface area contributed by atoms with Crippen molar-refractivity contribution in [1.82, 2.24) is 15.6 Å². The van der Waals surface area contributed by atoms with Crippen molar-refractivity contribution in [2.75, 3.05) is 0 Å². The number of aromatic nitrogens is 1. The predicted molar refractivity (Wildman–Crippen MR) is 126 cm³/mol. The summed E-state index contributed by atoms with van der Waals surface area (Å²) in [6.45, 7) is 1.42. The van der Waals surface area contributed by atoms with Crippen LogP contribution in [0.25, 0.3) is 10.9 Å². The van der Waals surface area contributed by atoms with Crippen molar-refractivity contribution >= 4 is 22.7 Å². The normalized spacial score (nSPS) is 11.9. The number of hydrogen-bond acceptors (Lipinski definition) is 3. The summed E-state index contributed by atoms with van der Waals surface area (Å²) in [7, 11) is 0. The molecule has 6 heteroatoms. The van der Waals surface area contributed by atoms with Gasteiger partial charge in [-0.25, -0.2) is 0 Å². The lowest BCUT2D eigenvalue weighted by Crippen LogP contribution is -2.45. The van der Waals surface area contributed by atoms with Crippen molar-refractivity contribution in [3.8, 4) is 0 Å². The molecule has 0 spiro atoms. The van der Waals surface area contributed by atoms with Gasteiger partial charge in [-0.05, 0) is 34.9 Å². The summed E-state index contributed by atoms with van der Waals surface area (Å²) in [5.41, 5.74) is 10.3. The molecule has 0 unspecified atom stereocenters. The van der Waals surface area contributed by atoms with Gasteiger partial charge >= 0.3 is 0 Å². The van der Waals surface area contributed by atoms with Crippen LogP contribution in [0.3, 0.4) is 0 Å². The summed E-state index contributed by atoms with van der Waals surface area (Å²) in [6, 6.07) is 24.3. The molecule has 0 aliphatic rings. The van der Waals surface area contributed by atoms with Gasteiger partial charge in [0, 0.05) is 42.2 Å². The zero-order valence-electron chi connectivity index (χ0n) is 17.7. The molecule has 0 bridgehead atoms. The van der Waals surface area contributed by atoms with E-state index in [2.05, 4.69) is 27.8 Å². The smallest absolute Gasteiger partial charge is 0.251 e. The first kappa shape index (κ1) is 21.3. The molecule has 5 N–H and O–H groups in total. The van der Waals surface area contributed by atoms with E-state index in [-0.39, 0.29) is 5.91 Å². The highest BCUT2D eigenvalue weighted by atomic mass is 16.2. The Bertz CT molecular complexity index is 1200. The summed E-state index contributed by atoms with van der Waals surface area (Å²) in [5.74, 6) is -0.872. The molecule has 4 rings (SSSR count). The third-order valence-electron chi connectivity index (χ3n) is 5.47. The van der Waals surface area contributed by atoms with E-state index in [9.17, 15) is 9.59 Å². The minimum absolute atomic E-state index is 0.317. The number of nitrogens with two attached hydrogens (primary N) is 1. The van der Waals surface area contributed by atoms with Gasteiger partial charge in [0.1, 0.15) is 6.04 Å². The predicted octanol–water partition coefficient (Wildman–Crippen LogP) is 3.28. The van der Waals surface area contributed by atoms with Gasteiger partial charge in [0.2, 0.25) is 5.91 Å². The molecule has 162 valence electrons. The van der Waals surface area contributed by atoms with Crippen LogP contribution in [-0.2, 0) is 24.3 Å². The number of carbonyl (C=O) groups is 2. The Morgan fingerprint density at radius 2 is 1.56 bits per heavy atom. The maximum absolute atomic E-state index is 12.6. The van der Waals surface area contributed by atoms with Crippen molar-refractivity contribution in [2.24, 2.45) is 5.73 Å². The van der Waals surface area contributed by atoms with Crippen molar-refractivity contribution in [3.63, 3.8) is 0 Å². The Hall–Kier alpha value is -3.90. The molecular formula is C26H26N4O2. The molecule has 3 aromatic carbocycles. The number of carbonyl (C=O) groups excluding carboxylic acids is 2. The summed E-state index contributed by atoms with van der Waals surface area (Å²) in [4.78, 5) is 27.7. The monoisotopic (exact) mass is 426 g/mol. The van der Waals surface area contributed by atoms with Crippen molar-refractivity contribution in [3.05, 3.63) is 107 Å². The SMILES string of the molecule is NC(=O)[C@H](Cc1ccccc1)NC(=O)c1ccc(CNCc2c[nH]c3ccccc23)cc1. The van der Waals surface area contributed by atoms with E-state index >= 15 is 0 Å². The molecule has 32 heavy (non-hydrogen) atoms. The Morgan fingerprint density at radius 3 is 2.31 bits per heavy atom. The van der Waals surface area contributed by atoms with Gasteiger partial charge in [0.05, 0.1) is 0 Å². The van der Waals surface area contributed by atoms with Crippen LogP contribution in [0.2, 0.25) is 0 Å². The third-order valence-corrected chi connectivity index (χ3v) is 5.47. The number of rotatable bonds is 9. The second kappa shape index (κ2) is 9.94. The first-order valence-electron chi connectivity index (χ1n) is 10.6. The number of H-pyrrole nitrogens is 1. The number of hydrogen-bond donors (Lipinski definition) is 4. The van der Waals surface area contributed by atoms with E-state index in [0.717, 1.165) is 23.2 Å². The van der Waals surface area contributed by atoms with Gasteiger partial charge in [0.25, 0.3) is 5.91 Å². The fraction of sp³-hybridized carbons (Fsp3) is 0.154. The van der Waals surface area contributed by atoms with E-state index in [4.69, 9.17) is 5.73 Å². The largest absolute Gasteiger partial charge is 0.368 e. The average molecular weight is 427 g/mol. The highest BCUT2D eigenvalue weighted by Gasteiger charge is 2.19. The van der Waals surface area contributed by atoms with Crippen molar-refractivity contribution in [2.45, 2.75) is 25.6 Å². The summed E-state index contributed by atoms with van der Waals surface area (Å²) in [5, 5.41) is 7.40. The van der Waals surface area contributed by atoms with Crippen LogP contribution in [0.15, 0.2) is 85.1 Å². The fourth-order valence-electron chi connectivity index (χ4n) is 3.71. The van der Waals surface area contributed by atoms with Crippen LogP contribution in [0.4, 0.5) is 0 Å². The van der Waals surface area contributed by atoms with Gasteiger partial charge < -0.3 is 21.4 Å². The van der Waals surface area contributed by atoms with E-state index in [1.807, 2.05) is 60.8 Å². The lowest BCUT2D eigenvalue weighted by molar-refractivity contribution is -0.119. The molecule has 1 heterocycles. The van der Waals surface area contributed by atoms with Crippen LogP contribution < -0.4 is 16.4 Å². The molecule has 4 aromatic rings. The molecule has 1 aromatic heterocycles. The molecule has 0 radical (unpaired) electrons. The van der Waals surface area contributed by atoms with Crippen molar-refractivity contribution in [1.29, 1.82) is 0 Å². The average Bonchev–Trinajstić information content (AvgIpc) is 3.23. The molecular weight excluding hydrogens is 400 g/mol. The second-order valence-electron chi connectivity index (χ2n) is 7.78. The molecule has 1 atom stereocenters. The standard InChI is InChI=1S/C26H26N4O2/c27-25(31)24(14-18-6-2-1-3-7-18)30-26(32)20-12-10-19(11-13-20)15-28-16-21-17-29-23-9-5-4-8-22(21)23/h1-13,17,24,28-29H,14-16H2,(H2,27,31)(H,30,32)/t24-/m0/s1. The number of benzene rings is 3. The number of fused-ring (bicyclic) bond motifs is 1. The Morgan fingerprint density at radius 1 is 0.844 bits per heavy atom. The molecule has 0 fully saturated rings. The maximum Gasteiger partial charge on any atom is 0.251 e. The number of primary amides is 1. The second-order valence-corrected chi connectivity index (χ2v) is 7.78. The zero-order valence-corrected chi connectivity index (χ0v) is 17.7. The van der Waals surface area contributed by atoms with Crippen LogP contribution >= 0.6 is 0 Å². The van der Waals surface area contributed by atoms with Crippen LogP contribution in [0, 0.1) is 0 Å². The maximum atomic E-state index is 12.6. The first-order valence-corrected chi connectivity index (χ1v) is 10.6. The van der Waals surface area contributed by atoms with Gasteiger partial charge in [-0.1, -0.05) is 60.7 Å². The Labute approximate surface area is 186 Å². The number of nitrogens with one attached hydrogen (secondary N) is 3. The lowest BCUT2D eigenvalue weighted by Gasteiger charge is -2.16. The molecule has 6 nitrogen and oxygen atoms in total. The first-order chi connectivity index (χ1) is 15.6. The molecule has 0 saturated heterocycles. The number of amides is 2. The fourth-order valence-corrected chi connectivity index (χ4v) is 3.71. The highest BCUT2D eigenvalue weighted by molar-refractivity contribution is 5.97. The lowest BCUT2D eigenvalue weighted by atomic mass is 10.0. The summed E-state index contributed by atoms with van der Waals surface area (Å²) >= 11 is 0. The topological polar surface area (TPSA) is 100 Å². The highest BCUT2D eigenvalue weighted by Crippen LogP contribution is 2.17. The molecule has 0 aliphatic carbocycles. The summed E-state index contributed by atoms with van der Waals surface area (Å²) in [6.07, 6.45) is 2.38. The van der Waals surface area contributed by atoms with Crippen LogP contribution in [0.5, 0.6) is 0 Å². The van der Waals surface area contributed by atoms with Crippen LogP contribution in [-0.4, -0.2) is 22.8 Å². The molecule has 2 amide bonds. The molecule has 0 aliphatic heterocycles. The van der Waals surface area contributed by atoms with E-state index < -0.39 is 11.9 Å². The quantitative estimate of drug-likeness (QED) is 0.330. The minimum Gasteiger partial charge on any atom is -0.368 e. The molecule has 0 saturated carbocycles. The minimum atomic E-state index is -0.762. The van der Waals surface area contributed by atoms with E-state index in [1.165, 1.54) is 10.9 Å². The van der Waals surface area contributed by atoms with E-state index in [1.54, 1.807) is 12.1 Å². The van der Waals surface area contributed by atoms with Crippen molar-refractivity contribution < 1.29 is 9.59 Å². The third kappa shape index (κ3) is 5.22. The van der Waals surface area contributed by atoms with Gasteiger partial charge in [-0.15, -0.1) is 0 Å². The van der Waals surface area contributed by atoms with Crippen LogP contribution in [0.1, 0.15) is 27.0 Å². The van der Waals surface area contributed by atoms with Gasteiger partial charge in [-0.3, -0.25) is 9.59 Å². The number of para-hydroxylation sites is 1. The zero-order chi connectivity index (χ0) is 22.3. The Kier molecular flexibility index (Phi) is 6.63. The number of aromatic amines is 1. The Balaban J connectivity index is 1.32. The van der Waals surface area contributed by atoms with E-state index in [0.29, 0.717) is 18.5 Å². The summed E-state index contributed by atoms with van der Waals surface area (Å²) < 4.78 is 0. The van der Waals surface area contributed by atoms with Gasteiger partial charge in [-0.2, -0.15) is 0 Å². The van der Waals surface area contributed by atoms with Gasteiger partial charge in [0.15, 0.2) is 0 Å².